The summed E-state index contributed by atoms with van der Waals surface area (Å²) in [5.74, 6) is 0. The van der Waals surface area contributed by atoms with Crippen LogP contribution in [0.1, 0.15) is 10.4 Å². The maximum atomic E-state index is 5.65. The number of rotatable bonds is 4. The molecule has 0 saturated heterocycles. The van der Waals surface area contributed by atoms with Crippen LogP contribution in [0.5, 0.6) is 0 Å². The monoisotopic (exact) mass is 340 g/mol. The van der Waals surface area contributed by atoms with Crippen LogP contribution in [-0.4, -0.2) is 12.0 Å². The molecule has 2 N–H and O–H groups in total. The van der Waals surface area contributed by atoms with Crippen molar-refractivity contribution >= 4 is 50.2 Å². The van der Waals surface area contributed by atoms with Gasteiger partial charge in [0, 0.05) is 33.0 Å². The Morgan fingerprint density at radius 3 is 2.83 bits per heavy atom. The van der Waals surface area contributed by atoms with Gasteiger partial charge in [-0.1, -0.05) is 24.4 Å². The molecule has 18 heavy (non-hydrogen) atoms. The first-order valence-corrected chi connectivity index (χ1v) is 7.48. The van der Waals surface area contributed by atoms with Gasteiger partial charge in [-0.15, -0.1) is 11.3 Å². The fraction of sp³-hybridized carbons (Fsp3) is 0.154. The normalized spacial score (nSPS) is 10.3. The van der Waals surface area contributed by atoms with Crippen molar-refractivity contribution in [3.63, 3.8) is 0 Å². The zero-order chi connectivity index (χ0) is 13.1. The Kier molecular flexibility index (Phi) is 4.37. The molecule has 94 valence electrons. The standard InChI is InChI=1S/C13H13BrN2S2/c1-16(7-12-6-10(14)8-18-12)11-4-2-3-9(5-11)13(15)17/h2-6,8H,7H2,1H3,(H2,15,17). The minimum absolute atomic E-state index is 0.434. The highest BCUT2D eigenvalue weighted by Crippen LogP contribution is 2.23. The van der Waals surface area contributed by atoms with Gasteiger partial charge in [0.2, 0.25) is 0 Å². The minimum atomic E-state index is 0.434. The van der Waals surface area contributed by atoms with E-state index in [1.165, 1.54) is 4.88 Å². The predicted octanol–water partition coefficient (Wildman–Crippen LogP) is 3.78. The second kappa shape index (κ2) is 5.82. The summed E-state index contributed by atoms with van der Waals surface area (Å²) in [6.45, 7) is 0.872. The van der Waals surface area contributed by atoms with E-state index in [0.717, 1.165) is 22.3 Å². The second-order valence-corrected chi connectivity index (χ2v) is 6.35. The third-order valence-corrected chi connectivity index (χ3v) is 4.50. The SMILES string of the molecule is CN(Cc1cc(Br)cs1)c1cccc(C(N)=S)c1. The van der Waals surface area contributed by atoms with Crippen molar-refractivity contribution in [3.8, 4) is 0 Å². The van der Waals surface area contributed by atoms with Crippen LogP contribution in [0.15, 0.2) is 40.2 Å². The van der Waals surface area contributed by atoms with E-state index < -0.39 is 0 Å². The van der Waals surface area contributed by atoms with E-state index in [4.69, 9.17) is 18.0 Å². The van der Waals surface area contributed by atoms with Gasteiger partial charge in [0.05, 0.1) is 6.54 Å². The van der Waals surface area contributed by atoms with E-state index in [1.807, 2.05) is 18.2 Å². The van der Waals surface area contributed by atoms with Crippen LogP contribution >= 0.6 is 39.5 Å². The highest BCUT2D eigenvalue weighted by atomic mass is 79.9. The number of anilines is 1. The maximum absolute atomic E-state index is 5.65. The summed E-state index contributed by atoms with van der Waals surface area (Å²) in [6, 6.07) is 10.1. The summed E-state index contributed by atoms with van der Waals surface area (Å²) in [4.78, 5) is 3.93. The molecule has 1 aromatic heterocycles. The van der Waals surface area contributed by atoms with E-state index in [1.54, 1.807) is 11.3 Å². The van der Waals surface area contributed by atoms with Gasteiger partial charge < -0.3 is 10.6 Å². The zero-order valence-corrected chi connectivity index (χ0v) is 13.1. The largest absolute Gasteiger partial charge is 0.389 e. The molecule has 0 bridgehead atoms. The molecule has 0 radical (unpaired) electrons. The van der Waals surface area contributed by atoms with Gasteiger partial charge in [-0.3, -0.25) is 0 Å². The van der Waals surface area contributed by atoms with Gasteiger partial charge in [-0.2, -0.15) is 0 Å². The molecule has 1 heterocycles. The van der Waals surface area contributed by atoms with Crippen LogP contribution in [0, 0.1) is 0 Å². The van der Waals surface area contributed by atoms with Gasteiger partial charge in [0.25, 0.3) is 0 Å². The molecule has 2 rings (SSSR count). The van der Waals surface area contributed by atoms with Crippen LogP contribution in [0.4, 0.5) is 5.69 Å². The highest BCUT2D eigenvalue weighted by molar-refractivity contribution is 9.10. The van der Waals surface area contributed by atoms with Gasteiger partial charge in [-0.05, 0) is 34.1 Å². The molecule has 0 atom stereocenters. The van der Waals surface area contributed by atoms with Crippen LogP contribution in [-0.2, 0) is 6.54 Å². The number of hydrogen-bond donors (Lipinski definition) is 1. The summed E-state index contributed by atoms with van der Waals surface area (Å²) in [5, 5.41) is 2.09. The third-order valence-electron chi connectivity index (χ3n) is 2.59. The van der Waals surface area contributed by atoms with Crippen molar-refractivity contribution in [1.29, 1.82) is 0 Å². The summed E-state index contributed by atoms with van der Waals surface area (Å²) in [7, 11) is 2.06. The molecular formula is C13H13BrN2S2. The van der Waals surface area contributed by atoms with Crippen molar-refractivity contribution in [2.45, 2.75) is 6.54 Å². The van der Waals surface area contributed by atoms with Crippen LogP contribution < -0.4 is 10.6 Å². The molecule has 1 aromatic carbocycles. The fourth-order valence-electron chi connectivity index (χ4n) is 1.66. The summed E-state index contributed by atoms with van der Waals surface area (Å²) in [6.07, 6.45) is 0. The molecule has 2 aromatic rings. The third kappa shape index (κ3) is 3.31. The van der Waals surface area contributed by atoms with E-state index in [9.17, 15) is 0 Å². The first kappa shape index (κ1) is 13.5. The van der Waals surface area contributed by atoms with Crippen molar-refractivity contribution in [2.75, 3.05) is 11.9 Å². The number of benzene rings is 1. The lowest BCUT2D eigenvalue weighted by Gasteiger charge is -2.19. The first-order chi connectivity index (χ1) is 8.56. The van der Waals surface area contributed by atoms with Gasteiger partial charge >= 0.3 is 0 Å². The van der Waals surface area contributed by atoms with Crippen molar-refractivity contribution in [1.82, 2.24) is 0 Å². The lowest BCUT2D eigenvalue weighted by atomic mass is 10.2. The Bertz CT molecular complexity index is 566. The fourth-order valence-corrected chi connectivity index (χ4v) is 3.29. The summed E-state index contributed by atoms with van der Waals surface area (Å²) in [5.41, 5.74) is 7.67. The Morgan fingerprint density at radius 1 is 1.44 bits per heavy atom. The van der Waals surface area contributed by atoms with Crippen molar-refractivity contribution in [3.05, 3.63) is 50.6 Å². The maximum Gasteiger partial charge on any atom is 0.104 e. The van der Waals surface area contributed by atoms with Gasteiger partial charge in [-0.25, -0.2) is 0 Å². The van der Waals surface area contributed by atoms with E-state index in [-0.39, 0.29) is 0 Å². The molecule has 0 amide bonds. The van der Waals surface area contributed by atoms with Crippen LogP contribution in [0.3, 0.4) is 0 Å². The quantitative estimate of drug-likeness (QED) is 0.858. The Labute approximate surface area is 125 Å². The lowest BCUT2D eigenvalue weighted by molar-refractivity contribution is 0.940. The van der Waals surface area contributed by atoms with E-state index >= 15 is 0 Å². The highest BCUT2D eigenvalue weighted by Gasteiger charge is 2.06. The average Bonchev–Trinajstić information content (AvgIpc) is 2.75. The molecule has 0 aliphatic carbocycles. The Morgan fingerprint density at radius 2 is 2.22 bits per heavy atom. The molecule has 2 nitrogen and oxygen atoms in total. The van der Waals surface area contributed by atoms with Crippen molar-refractivity contribution in [2.24, 2.45) is 5.73 Å². The second-order valence-electron chi connectivity index (χ2n) is 4.00. The van der Waals surface area contributed by atoms with Crippen LogP contribution in [0.25, 0.3) is 0 Å². The zero-order valence-electron chi connectivity index (χ0n) is 9.89. The molecule has 0 spiro atoms. The van der Waals surface area contributed by atoms with Gasteiger partial charge in [0.1, 0.15) is 4.99 Å². The van der Waals surface area contributed by atoms with Crippen molar-refractivity contribution < 1.29 is 0 Å². The lowest BCUT2D eigenvalue weighted by Crippen LogP contribution is -2.17. The first-order valence-electron chi connectivity index (χ1n) is 5.40. The predicted molar refractivity (Wildman–Crippen MR) is 86.5 cm³/mol. The molecule has 0 aliphatic heterocycles. The number of hydrogen-bond acceptors (Lipinski definition) is 3. The van der Waals surface area contributed by atoms with E-state index in [0.29, 0.717) is 4.99 Å². The summed E-state index contributed by atoms with van der Waals surface area (Å²) < 4.78 is 1.13. The van der Waals surface area contributed by atoms with E-state index in [2.05, 4.69) is 45.4 Å². The number of nitrogens with two attached hydrogens (primary N) is 1. The molecule has 0 aliphatic rings. The molecule has 5 heteroatoms. The van der Waals surface area contributed by atoms with Crippen LogP contribution in [0.2, 0.25) is 0 Å². The smallest absolute Gasteiger partial charge is 0.104 e. The molecular weight excluding hydrogens is 328 g/mol. The molecule has 0 unspecified atom stereocenters. The minimum Gasteiger partial charge on any atom is -0.389 e. The Balaban J connectivity index is 2.15. The number of thiophene rings is 1. The molecule has 0 saturated carbocycles. The number of nitrogens with zero attached hydrogens (tertiary/aromatic N) is 1. The Hall–Kier alpha value is -0.910. The number of thiocarbonyl (C=S) groups is 1. The van der Waals surface area contributed by atoms with Gasteiger partial charge in [0.15, 0.2) is 0 Å². The molecule has 0 fully saturated rings. The topological polar surface area (TPSA) is 29.3 Å². The average molecular weight is 341 g/mol. The number of halogens is 1. The summed E-state index contributed by atoms with van der Waals surface area (Å²) >= 11 is 10.2.